The molecule has 2 amide bonds. The third-order valence-electron chi connectivity index (χ3n) is 2.16. The molecule has 0 aromatic heterocycles. The summed E-state index contributed by atoms with van der Waals surface area (Å²) in [5.41, 5.74) is 1.10. The molecule has 104 valence electrons. The second-order valence-corrected chi connectivity index (χ2v) is 3.91. The quantitative estimate of drug-likeness (QED) is 0.767. The molecular weight excluding hydrogens is 248 g/mol. The number of hydrogen-bond acceptors (Lipinski definition) is 4. The summed E-state index contributed by atoms with van der Waals surface area (Å²) < 4.78 is 10.4. The molecule has 0 aliphatic carbocycles. The maximum Gasteiger partial charge on any atom is 0.221 e. The molecule has 0 radical (unpaired) electrons. The van der Waals surface area contributed by atoms with Crippen molar-refractivity contribution >= 4 is 23.2 Å². The SMILES string of the molecule is COCCOc1ccc(NC(C)=O)cc1NC(C)=O. The van der Waals surface area contributed by atoms with E-state index in [0.29, 0.717) is 30.3 Å². The summed E-state index contributed by atoms with van der Waals surface area (Å²) in [6, 6.07) is 5.03. The predicted molar refractivity (Wildman–Crippen MR) is 72.4 cm³/mol. The number of hydrogen-bond donors (Lipinski definition) is 2. The first kappa shape index (κ1) is 15.0. The fourth-order valence-corrected chi connectivity index (χ4v) is 1.46. The Bertz CT molecular complexity index is 460. The zero-order valence-electron chi connectivity index (χ0n) is 11.3. The van der Waals surface area contributed by atoms with E-state index in [1.807, 2.05) is 0 Å². The van der Waals surface area contributed by atoms with Gasteiger partial charge in [-0.05, 0) is 18.2 Å². The van der Waals surface area contributed by atoms with Crippen LogP contribution in [0.3, 0.4) is 0 Å². The van der Waals surface area contributed by atoms with Gasteiger partial charge in [0.2, 0.25) is 11.8 Å². The first-order chi connectivity index (χ1) is 9.02. The Morgan fingerprint density at radius 1 is 1.11 bits per heavy atom. The molecule has 0 aliphatic rings. The maximum absolute atomic E-state index is 11.2. The van der Waals surface area contributed by atoms with Gasteiger partial charge in [-0.3, -0.25) is 9.59 Å². The van der Waals surface area contributed by atoms with Gasteiger partial charge in [0, 0.05) is 26.6 Å². The van der Waals surface area contributed by atoms with Crippen molar-refractivity contribution in [1.82, 2.24) is 0 Å². The van der Waals surface area contributed by atoms with E-state index >= 15 is 0 Å². The van der Waals surface area contributed by atoms with Crippen LogP contribution in [0.5, 0.6) is 5.75 Å². The Balaban J connectivity index is 2.88. The first-order valence-corrected chi connectivity index (χ1v) is 5.84. The molecule has 6 nitrogen and oxygen atoms in total. The summed E-state index contributed by atoms with van der Waals surface area (Å²) in [4.78, 5) is 22.1. The molecule has 0 spiro atoms. The highest BCUT2D eigenvalue weighted by atomic mass is 16.5. The lowest BCUT2D eigenvalue weighted by Crippen LogP contribution is -2.11. The lowest BCUT2D eigenvalue weighted by molar-refractivity contribution is -0.115. The van der Waals surface area contributed by atoms with Crippen LogP contribution in [-0.2, 0) is 14.3 Å². The lowest BCUT2D eigenvalue weighted by atomic mass is 10.2. The number of benzene rings is 1. The van der Waals surface area contributed by atoms with Gasteiger partial charge >= 0.3 is 0 Å². The van der Waals surface area contributed by atoms with Crippen LogP contribution in [0.1, 0.15) is 13.8 Å². The van der Waals surface area contributed by atoms with E-state index in [-0.39, 0.29) is 11.8 Å². The molecule has 1 rings (SSSR count). The minimum absolute atomic E-state index is 0.179. The molecule has 0 unspecified atom stereocenters. The number of rotatable bonds is 6. The third kappa shape index (κ3) is 5.39. The molecule has 1 aromatic rings. The molecule has 0 saturated carbocycles. The van der Waals surface area contributed by atoms with E-state index in [9.17, 15) is 9.59 Å². The van der Waals surface area contributed by atoms with E-state index in [0.717, 1.165) is 0 Å². The van der Waals surface area contributed by atoms with Crippen LogP contribution in [-0.4, -0.2) is 32.1 Å². The Morgan fingerprint density at radius 3 is 2.37 bits per heavy atom. The summed E-state index contributed by atoms with van der Waals surface area (Å²) in [5, 5.41) is 5.30. The number of ether oxygens (including phenoxy) is 2. The van der Waals surface area contributed by atoms with Crippen molar-refractivity contribution in [2.45, 2.75) is 13.8 Å². The van der Waals surface area contributed by atoms with Crippen LogP contribution in [0.2, 0.25) is 0 Å². The highest BCUT2D eigenvalue weighted by molar-refractivity contribution is 5.93. The normalized spacial score (nSPS) is 9.84. The summed E-state index contributed by atoms with van der Waals surface area (Å²) in [6.45, 7) is 3.65. The van der Waals surface area contributed by atoms with Gasteiger partial charge in [-0.15, -0.1) is 0 Å². The minimum atomic E-state index is -0.212. The second kappa shape index (κ2) is 7.38. The zero-order valence-corrected chi connectivity index (χ0v) is 11.3. The fraction of sp³-hybridized carbons (Fsp3) is 0.385. The molecule has 0 saturated heterocycles. The van der Waals surface area contributed by atoms with Gasteiger partial charge in [0.1, 0.15) is 12.4 Å². The van der Waals surface area contributed by atoms with Crippen molar-refractivity contribution in [2.75, 3.05) is 31.0 Å². The molecule has 0 fully saturated rings. The first-order valence-electron chi connectivity index (χ1n) is 5.84. The van der Waals surface area contributed by atoms with Crippen molar-refractivity contribution in [1.29, 1.82) is 0 Å². The molecule has 19 heavy (non-hydrogen) atoms. The molecule has 2 N–H and O–H groups in total. The average molecular weight is 266 g/mol. The van der Waals surface area contributed by atoms with Gasteiger partial charge in [0.25, 0.3) is 0 Å². The summed E-state index contributed by atoms with van der Waals surface area (Å²) in [7, 11) is 1.58. The zero-order chi connectivity index (χ0) is 14.3. The largest absolute Gasteiger partial charge is 0.489 e. The number of anilines is 2. The van der Waals surface area contributed by atoms with Gasteiger partial charge in [0.05, 0.1) is 12.3 Å². The number of methoxy groups -OCH3 is 1. The maximum atomic E-state index is 11.2. The van der Waals surface area contributed by atoms with Gasteiger partial charge < -0.3 is 20.1 Å². The Labute approximate surface area is 112 Å². The van der Waals surface area contributed by atoms with Crippen LogP contribution in [0.4, 0.5) is 11.4 Å². The van der Waals surface area contributed by atoms with Gasteiger partial charge in [-0.25, -0.2) is 0 Å². The molecule has 0 aliphatic heterocycles. The van der Waals surface area contributed by atoms with Crippen LogP contribution in [0.15, 0.2) is 18.2 Å². The number of carbonyl (C=O) groups is 2. The minimum Gasteiger partial charge on any atom is -0.489 e. The third-order valence-corrected chi connectivity index (χ3v) is 2.16. The Hall–Kier alpha value is -2.08. The molecular formula is C13H18N2O4. The number of nitrogens with one attached hydrogen (secondary N) is 2. The fourth-order valence-electron chi connectivity index (χ4n) is 1.46. The monoisotopic (exact) mass is 266 g/mol. The van der Waals surface area contributed by atoms with E-state index in [1.165, 1.54) is 13.8 Å². The van der Waals surface area contributed by atoms with E-state index < -0.39 is 0 Å². The van der Waals surface area contributed by atoms with Gasteiger partial charge in [-0.1, -0.05) is 0 Å². The molecule has 0 atom stereocenters. The predicted octanol–water partition coefficient (Wildman–Crippen LogP) is 1.63. The van der Waals surface area contributed by atoms with Gasteiger partial charge in [-0.2, -0.15) is 0 Å². The highest BCUT2D eigenvalue weighted by Crippen LogP contribution is 2.28. The molecule has 0 heterocycles. The van der Waals surface area contributed by atoms with Crippen molar-refractivity contribution in [3.05, 3.63) is 18.2 Å². The highest BCUT2D eigenvalue weighted by Gasteiger charge is 2.07. The van der Waals surface area contributed by atoms with Crippen LogP contribution >= 0.6 is 0 Å². The second-order valence-electron chi connectivity index (χ2n) is 3.91. The van der Waals surface area contributed by atoms with Gasteiger partial charge in [0.15, 0.2) is 0 Å². The van der Waals surface area contributed by atoms with Crippen molar-refractivity contribution in [3.63, 3.8) is 0 Å². The van der Waals surface area contributed by atoms with Crippen molar-refractivity contribution in [2.24, 2.45) is 0 Å². The summed E-state index contributed by atoms with van der Waals surface area (Å²) >= 11 is 0. The van der Waals surface area contributed by atoms with E-state index in [2.05, 4.69) is 10.6 Å². The lowest BCUT2D eigenvalue weighted by Gasteiger charge is -2.13. The number of amides is 2. The summed E-state index contributed by atoms with van der Waals surface area (Å²) in [6.07, 6.45) is 0. The van der Waals surface area contributed by atoms with Crippen LogP contribution in [0.25, 0.3) is 0 Å². The Kier molecular flexibility index (Phi) is 5.81. The summed E-state index contributed by atoms with van der Waals surface area (Å²) in [5.74, 6) is 0.139. The topological polar surface area (TPSA) is 76.7 Å². The average Bonchev–Trinajstić information content (AvgIpc) is 2.30. The van der Waals surface area contributed by atoms with Crippen molar-refractivity contribution < 1.29 is 19.1 Å². The van der Waals surface area contributed by atoms with Crippen LogP contribution in [0, 0.1) is 0 Å². The molecule has 0 bridgehead atoms. The molecule has 1 aromatic carbocycles. The Morgan fingerprint density at radius 2 is 1.79 bits per heavy atom. The van der Waals surface area contributed by atoms with E-state index in [4.69, 9.17) is 9.47 Å². The van der Waals surface area contributed by atoms with Crippen LogP contribution < -0.4 is 15.4 Å². The number of carbonyl (C=O) groups excluding carboxylic acids is 2. The van der Waals surface area contributed by atoms with Crippen molar-refractivity contribution in [3.8, 4) is 5.75 Å². The van der Waals surface area contributed by atoms with E-state index in [1.54, 1.807) is 25.3 Å². The standard InChI is InChI=1S/C13H18N2O4/c1-9(16)14-11-4-5-13(19-7-6-18-3)12(8-11)15-10(2)17/h4-5,8H,6-7H2,1-3H3,(H,14,16)(H,15,17). The smallest absolute Gasteiger partial charge is 0.221 e. The molecule has 6 heteroatoms.